The standard InChI is InChI=1S/C17H22N2/c1-3-8-14-9-7-12-16(14)17(13-18)19(2)15-10-5-4-6-11-15/h3-6,8,10-11,14,16-17H,7,9,12H2,1-2H3/b8-3+/t14-,16-,17-/m1/s1. The zero-order valence-electron chi connectivity index (χ0n) is 11.8. The van der Waals surface area contributed by atoms with E-state index in [1.165, 1.54) is 12.8 Å². The lowest BCUT2D eigenvalue weighted by atomic mass is 9.88. The number of benzene rings is 1. The maximum absolute atomic E-state index is 9.59. The van der Waals surface area contributed by atoms with Gasteiger partial charge in [-0.15, -0.1) is 0 Å². The number of hydrogen-bond donors (Lipinski definition) is 0. The molecule has 0 amide bonds. The van der Waals surface area contributed by atoms with Crippen LogP contribution in [0.2, 0.25) is 0 Å². The fourth-order valence-electron chi connectivity index (χ4n) is 3.19. The summed E-state index contributed by atoms with van der Waals surface area (Å²) in [7, 11) is 2.04. The molecule has 0 N–H and O–H groups in total. The Hall–Kier alpha value is -1.75. The van der Waals surface area contributed by atoms with E-state index in [4.69, 9.17) is 0 Å². The van der Waals surface area contributed by atoms with Crippen molar-refractivity contribution in [1.82, 2.24) is 0 Å². The van der Waals surface area contributed by atoms with Crippen molar-refractivity contribution in [3.05, 3.63) is 42.5 Å². The average Bonchev–Trinajstić information content (AvgIpc) is 2.89. The molecule has 3 atom stereocenters. The maximum atomic E-state index is 9.59. The van der Waals surface area contributed by atoms with Crippen molar-refractivity contribution in [3.8, 4) is 6.07 Å². The lowest BCUT2D eigenvalue weighted by Gasteiger charge is -2.31. The molecule has 1 aliphatic carbocycles. The number of para-hydroxylation sites is 1. The Morgan fingerprint density at radius 2 is 2.05 bits per heavy atom. The minimum atomic E-state index is -0.0360. The summed E-state index contributed by atoms with van der Waals surface area (Å²) >= 11 is 0. The molecule has 19 heavy (non-hydrogen) atoms. The second kappa shape index (κ2) is 6.43. The Kier molecular flexibility index (Phi) is 4.63. The first-order valence-electron chi connectivity index (χ1n) is 7.08. The zero-order chi connectivity index (χ0) is 13.7. The highest BCUT2D eigenvalue weighted by Crippen LogP contribution is 2.37. The highest BCUT2D eigenvalue weighted by Gasteiger charge is 2.34. The first-order valence-corrected chi connectivity index (χ1v) is 7.08. The highest BCUT2D eigenvalue weighted by atomic mass is 15.1. The Morgan fingerprint density at radius 1 is 1.32 bits per heavy atom. The summed E-state index contributed by atoms with van der Waals surface area (Å²) in [6.07, 6.45) is 8.02. The molecule has 1 saturated carbocycles. The van der Waals surface area contributed by atoms with Gasteiger partial charge in [-0.3, -0.25) is 0 Å². The number of nitrogens with zero attached hydrogens (tertiary/aromatic N) is 2. The monoisotopic (exact) mass is 254 g/mol. The maximum Gasteiger partial charge on any atom is 0.120 e. The van der Waals surface area contributed by atoms with Gasteiger partial charge in [0.15, 0.2) is 0 Å². The molecule has 0 aliphatic heterocycles. The van der Waals surface area contributed by atoms with E-state index in [2.05, 4.69) is 42.2 Å². The van der Waals surface area contributed by atoms with Crippen LogP contribution in [0, 0.1) is 23.2 Å². The van der Waals surface area contributed by atoms with Gasteiger partial charge in [0.1, 0.15) is 6.04 Å². The van der Waals surface area contributed by atoms with Gasteiger partial charge in [-0.1, -0.05) is 36.8 Å². The third-order valence-corrected chi connectivity index (χ3v) is 4.18. The third-order valence-electron chi connectivity index (χ3n) is 4.18. The van der Waals surface area contributed by atoms with Gasteiger partial charge in [0, 0.05) is 12.7 Å². The van der Waals surface area contributed by atoms with Crippen molar-refractivity contribution < 1.29 is 0 Å². The molecule has 1 aliphatic rings. The molecule has 1 fully saturated rings. The number of allylic oxidation sites excluding steroid dienone is 2. The lowest BCUT2D eigenvalue weighted by Crippen LogP contribution is -2.38. The highest BCUT2D eigenvalue weighted by molar-refractivity contribution is 5.48. The second-order valence-corrected chi connectivity index (χ2v) is 5.30. The van der Waals surface area contributed by atoms with Crippen LogP contribution < -0.4 is 4.90 Å². The SMILES string of the molecule is C/C=C/[C@@H]1CCC[C@H]1[C@@H](C#N)N(C)c1ccccc1. The Morgan fingerprint density at radius 3 is 2.68 bits per heavy atom. The molecule has 100 valence electrons. The van der Waals surface area contributed by atoms with E-state index in [-0.39, 0.29) is 6.04 Å². The summed E-state index contributed by atoms with van der Waals surface area (Å²) < 4.78 is 0. The van der Waals surface area contributed by atoms with Crippen LogP contribution in [-0.2, 0) is 0 Å². The van der Waals surface area contributed by atoms with Crippen LogP contribution in [0.1, 0.15) is 26.2 Å². The molecule has 1 aromatic rings. The Bertz CT molecular complexity index is 458. The summed E-state index contributed by atoms with van der Waals surface area (Å²) in [6.45, 7) is 2.07. The molecule has 0 saturated heterocycles. The van der Waals surface area contributed by atoms with Crippen molar-refractivity contribution in [1.29, 1.82) is 5.26 Å². The molecule has 0 heterocycles. The quantitative estimate of drug-likeness (QED) is 0.759. The number of nitriles is 1. The molecule has 0 aromatic heterocycles. The van der Waals surface area contributed by atoms with Gasteiger partial charge in [0.2, 0.25) is 0 Å². The van der Waals surface area contributed by atoms with Crippen LogP contribution in [0.4, 0.5) is 5.69 Å². The van der Waals surface area contributed by atoms with Gasteiger partial charge in [0.25, 0.3) is 0 Å². The van der Waals surface area contributed by atoms with E-state index < -0.39 is 0 Å². The minimum absolute atomic E-state index is 0.0360. The number of anilines is 1. The molecule has 0 unspecified atom stereocenters. The first kappa shape index (κ1) is 13.7. The number of rotatable bonds is 4. The van der Waals surface area contributed by atoms with Gasteiger partial charge in [-0.05, 0) is 43.7 Å². The summed E-state index contributed by atoms with van der Waals surface area (Å²) in [6, 6.07) is 12.7. The van der Waals surface area contributed by atoms with Crippen LogP contribution in [0.15, 0.2) is 42.5 Å². The van der Waals surface area contributed by atoms with E-state index in [0.717, 1.165) is 12.1 Å². The van der Waals surface area contributed by atoms with E-state index >= 15 is 0 Å². The Balaban J connectivity index is 2.18. The molecule has 2 rings (SSSR count). The zero-order valence-corrected chi connectivity index (χ0v) is 11.8. The molecule has 1 aromatic carbocycles. The van der Waals surface area contributed by atoms with Crippen LogP contribution in [0.5, 0.6) is 0 Å². The van der Waals surface area contributed by atoms with Gasteiger partial charge >= 0.3 is 0 Å². The topological polar surface area (TPSA) is 27.0 Å². The number of hydrogen-bond acceptors (Lipinski definition) is 2. The van der Waals surface area contributed by atoms with Crippen LogP contribution >= 0.6 is 0 Å². The van der Waals surface area contributed by atoms with Gasteiger partial charge in [-0.25, -0.2) is 0 Å². The molecule has 2 nitrogen and oxygen atoms in total. The van der Waals surface area contributed by atoms with Crippen LogP contribution in [-0.4, -0.2) is 13.1 Å². The summed E-state index contributed by atoms with van der Waals surface area (Å²) in [4.78, 5) is 2.13. The summed E-state index contributed by atoms with van der Waals surface area (Å²) in [5.74, 6) is 1.01. The van der Waals surface area contributed by atoms with Gasteiger partial charge < -0.3 is 4.90 Å². The van der Waals surface area contributed by atoms with Crippen LogP contribution in [0.25, 0.3) is 0 Å². The summed E-state index contributed by atoms with van der Waals surface area (Å²) in [5, 5.41) is 9.59. The third kappa shape index (κ3) is 2.98. The minimum Gasteiger partial charge on any atom is -0.359 e. The fraction of sp³-hybridized carbons (Fsp3) is 0.471. The van der Waals surface area contributed by atoms with Crippen LogP contribution in [0.3, 0.4) is 0 Å². The van der Waals surface area contributed by atoms with Crippen molar-refractivity contribution in [2.24, 2.45) is 11.8 Å². The molecule has 0 radical (unpaired) electrons. The van der Waals surface area contributed by atoms with Crippen molar-refractivity contribution in [3.63, 3.8) is 0 Å². The van der Waals surface area contributed by atoms with E-state index in [9.17, 15) is 5.26 Å². The van der Waals surface area contributed by atoms with E-state index in [1.807, 2.05) is 25.2 Å². The normalized spacial score (nSPS) is 24.3. The largest absolute Gasteiger partial charge is 0.359 e. The molecule has 0 spiro atoms. The molecule has 2 heteroatoms. The molecular weight excluding hydrogens is 232 g/mol. The van der Waals surface area contributed by atoms with Gasteiger partial charge in [-0.2, -0.15) is 5.26 Å². The van der Waals surface area contributed by atoms with Crippen molar-refractivity contribution in [2.45, 2.75) is 32.2 Å². The summed E-state index contributed by atoms with van der Waals surface area (Å²) in [5.41, 5.74) is 1.13. The smallest absolute Gasteiger partial charge is 0.120 e. The lowest BCUT2D eigenvalue weighted by molar-refractivity contribution is 0.410. The Labute approximate surface area is 116 Å². The fourth-order valence-corrected chi connectivity index (χ4v) is 3.19. The molecule has 0 bridgehead atoms. The molecular formula is C17H22N2. The van der Waals surface area contributed by atoms with Crippen molar-refractivity contribution >= 4 is 5.69 Å². The van der Waals surface area contributed by atoms with E-state index in [0.29, 0.717) is 11.8 Å². The first-order chi connectivity index (χ1) is 9.27. The van der Waals surface area contributed by atoms with Crippen molar-refractivity contribution in [2.75, 3.05) is 11.9 Å². The second-order valence-electron chi connectivity index (χ2n) is 5.30. The van der Waals surface area contributed by atoms with E-state index in [1.54, 1.807) is 0 Å². The van der Waals surface area contributed by atoms with Gasteiger partial charge in [0.05, 0.1) is 6.07 Å². The predicted octanol–water partition coefficient (Wildman–Crippen LogP) is 4.01. The predicted molar refractivity (Wildman–Crippen MR) is 79.9 cm³/mol. The average molecular weight is 254 g/mol.